The molecule has 0 radical (unpaired) electrons. The lowest BCUT2D eigenvalue weighted by atomic mass is 10.2. The standard InChI is InChI=1S/C16H18N2O3S/c1-3-18(22(20,21)15-7-5-4-6-8-15)14-11-9-13(10-12-14)16(19)17-2/h4-12H,3H2,1-2H3,(H,17,19). The minimum atomic E-state index is -3.61. The molecule has 0 aromatic heterocycles. The van der Waals surface area contributed by atoms with Crippen LogP contribution in [0.4, 0.5) is 5.69 Å². The molecule has 1 amide bonds. The number of sulfonamides is 1. The maximum atomic E-state index is 12.7. The summed E-state index contributed by atoms with van der Waals surface area (Å²) in [5.74, 6) is -0.208. The fourth-order valence-electron chi connectivity index (χ4n) is 2.13. The molecule has 2 aromatic rings. The molecule has 116 valence electrons. The number of benzene rings is 2. The number of rotatable bonds is 5. The monoisotopic (exact) mass is 318 g/mol. The molecule has 0 aliphatic rings. The molecule has 0 aliphatic heterocycles. The highest BCUT2D eigenvalue weighted by Gasteiger charge is 2.23. The lowest BCUT2D eigenvalue weighted by Crippen LogP contribution is -2.30. The lowest BCUT2D eigenvalue weighted by Gasteiger charge is -2.23. The van der Waals surface area contributed by atoms with Gasteiger partial charge in [-0.25, -0.2) is 8.42 Å². The number of nitrogens with zero attached hydrogens (tertiary/aromatic N) is 1. The first-order valence-electron chi connectivity index (χ1n) is 6.90. The minimum absolute atomic E-state index is 0.208. The summed E-state index contributed by atoms with van der Waals surface area (Å²) in [7, 11) is -2.06. The second-order valence-corrected chi connectivity index (χ2v) is 6.47. The van der Waals surface area contributed by atoms with Gasteiger partial charge in [0.1, 0.15) is 0 Å². The second kappa shape index (κ2) is 6.62. The van der Waals surface area contributed by atoms with Crippen molar-refractivity contribution in [3.8, 4) is 0 Å². The number of hydrogen-bond acceptors (Lipinski definition) is 3. The van der Waals surface area contributed by atoms with Gasteiger partial charge in [-0.3, -0.25) is 9.10 Å². The Balaban J connectivity index is 2.38. The molecule has 0 atom stereocenters. The summed E-state index contributed by atoms with van der Waals surface area (Å²) in [6.07, 6.45) is 0. The van der Waals surface area contributed by atoms with Crippen molar-refractivity contribution in [2.24, 2.45) is 0 Å². The number of nitrogens with one attached hydrogen (secondary N) is 1. The maximum Gasteiger partial charge on any atom is 0.264 e. The van der Waals surface area contributed by atoms with Crippen LogP contribution in [0.5, 0.6) is 0 Å². The summed E-state index contributed by atoms with van der Waals surface area (Å²) < 4.78 is 26.7. The third-order valence-corrected chi connectivity index (χ3v) is 5.18. The van der Waals surface area contributed by atoms with E-state index in [1.165, 1.54) is 4.31 Å². The van der Waals surface area contributed by atoms with E-state index in [0.29, 0.717) is 17.8 Å². The number of hydrogen-bond donors (Lipinski definition) is 1. The van der Waals surface area contributed by atoms with Gasteiger partial charge in [-0.05, 0) is 43.3 Å². The van der Waals surface area contributed by atoms with Crippen molar-refractivity contribution < 1.29 is 13.2 Å². The van der Waals surface area contributed by atoms with E-state index in [9.17, 15) is 13.2 Å². The summed E-state index contributed by atoms with van der Waals surface area (Å²) in [6, 6.07) is 14.8. The first-order valence-corrected chi connectivity index (χ1v) is 8.34. The molecule has 0 bridgehead atoms. The zero-order chi connectivity index (χ0) is 16.2. The first kappa shape index (κ1) is 16.0. The Morgan fingerprint density at radius 3 is 2.14 bits per heavy atom. The summed E-state index contributed by atoms with van der Waals surface area (Å²) in [4.78, 5) is 11.8. The van der Waals surface area contributed by atoms with Crippen molar-refractivity contribution in [2.45, 2.75) is 11.8 Å². The van der Waals surface area contributed by atoms with E-state index < -0.39 is 10.0 Å². The van der Waals surface area contributed by atoms with Crippen LogP contribution in [0.3, 0.4) is 0 Å². The molecule has 22 heavy (non-hydrogen) atoms. The largest absolute Gasteiger partial charge is 0.355 e. The van der Waals surface area contributed by atoms with E-state index in [0.717, 1.165) is 0 Å². The molecule has 2 aromatic carbocycles. The van der Waals surface area contributed by atoms with Gasteiger partial charge in [-0.15, -0.1) is 0 Å². The third-order valence-electron chi connectivity index (χ3n) is 3.26. The molecule has 0 fully saturated rings. The van der Waals surface area contributed by atoms with Crippen molar-refractivity contribution in [3.63, 3.8) is 0 Å². The Labute approximate surface area is 130 Å². The van der Waals surface area contributed by atoms with Gasteiger partial charge in [0, 0.05) is 19.2 Å². The molecule has 0 heterocycles. The van der Waals surface area contributed by atoms with Gasteiger partial charge in [0.2, 0.25) is 0 Å². The molecule has 0 saturated heterocycles. The quantitative estimate of drug-likeness (QED) is 0.919. The van der Waals surface area contributed by atoms with E-state index in [2.05, 4.69) is 5.32 Å². The maximum absolute atomic E-state index is 12.7. The Morgan fingerprint density at radius 2 is 1.64 bits per heavy atom. The van der Waals surface area contributed by atoms with Crippen molar-refractivity contribution in [1.29, 1.82) is 0 Å². The van der Waals surface area contributed by atoms with Gasteiger partial charge < -0.3 is 5.32 Å². The van der Waals surface area contributed by atoms with Crippen LogP contribution in [0.2, 0.25) is 0 Å². The smallest absolute Gasteiger partial charge is 0.264 e. The molecule has 0 spiro atoms. The molecular formula is C16H18N2O3S. The summed E-state index contributed by atoms with van der Waals surface area (Å²) in [6.45, 7) is 2.07. The summed E-state index contributed by atoms with van der Waals surface area (Å²) in [5, 5.41) is 2.53. The van der Waals surface area contributed by atoms with Crippen LogP contribution in [0, 0.1) is 0 Å². The van der Waals surface area contributed by atoms with Crippen LogP contribution in [-0.4, -0.2) is 27.9 Å². The van der Waals surface area contributed by atoms with Gasteiger partial charge in [0.15, 0.2) is 0 Å². The van der Waals surface area contributed by atoms with Crippen molar-refractivity contribution >= 4 is 21.6 Å². The number of carbonyl (C=O) groups excluding carboxylic acids is 1. The molecule has 0 unspecified atom stereocenters. The summed E-state index contributed by atoms with van der Waals surface area (Å²) in [5.41, 5.74) is 1.01. The Hall–Kier alpha value is -2.34. The van der Waals surface area contributed by atoms with E-state index in [-0.39, 0.29) is 10.8 Å². The van der Waals surface area contributed by atoms with Crippen molar-refractivity contribution in [3.05, 3.63) is 60.2 Å². The molecule has 0 saturated carbocycles. The number of amides is 1. The van der Waals surface area contributed by atoms with Gasteiger partial charge in [-0.1, -0.05) is 18.2 Å². The average molecular weight is 318 g/mol. The SMILES string of the molecule is CCN(c1ccc(C(=O)NC)cc1)S(=O)(=O)c1ccccc1. The van der Waals surface area contributed by atoms with Gasteiger partial charge in [0.05, 0.1) is 10.6 Å². The van der Waals surface area contributed by atoms with Crippen molar-refractivity contribution in [2.75, 3.05) is 17.9 Å². The molecule has 6 heteroatoms. The Kier molecular flexibility index (Phi) is 4.82. The third kappa shape index (κ3) is 3.12. The predicted octanol–water partition coefficient (Wildman–Crippen LogP) is 2.26. The van der Waals surface area contributed by atoms with E-state index >= 15 is 0 Å². The molecule has 1 N–H and O–H groups in total. The van der Waals surface area contributed by atoms with Gasteiger partial charge in [-0.2, -0.15) is 0 Å². The molecule has 2 rings (SSSR count). The van der Waals surface area contributed by atoms with E-state index in [4.69, 9.17) is 0 Å². The van der Waals surface area contributed by atoms with E-state index in [1.807, 2.05) is 0 Å². The molecular weight excluding hydrogens is 300 g/mol. The zero-order valence-corrected chi connectivity index (χ0v) is 13.3. The Bertz CT molecular complexity index is 741. The predicted molar refractivity (Wildman–Crippen MR) is 86.5 cm³/mol. The normalized spacial score (nSPS) is 11.0. The van der Waals surface area contributed by atoms with Crippen molar-refractivity contribution in [1.82, 2.24) is 5.32 Å². The second-order valence-electron chi connectivity index (χ2n) is 4.61. The van der Waals surface area contributed by atoms with Crippen LogP contribution >= 0.6 is 0 Å². The highest BCUT2D eigenvalue weighted by Crippen LogP contribution is 2.23. The highest BCUT2D eigenvalue weighted by atomic mass is 32.2. The fourth-order valence-corrected chi connectivity index (χ4v) is 3.63. The van der Waals surface area contributed by atoms with Gasteiger partial charge in [0.25, 0.3) is 15.9 Å². The van der Waals surface area contributed by atoms with Crippen LogP contribution < -0.4 is 9.62 Å². The van der Waals surface area contributed by atoms with Crippen LogP contribution in [0.25, 0.3) is 0 Å². The number of carbonyl (C=O) groups is 1. The Morgan fingerprint density at radius 1 is 1.05 bits per heavy atom. The topological polar surface area (TPSA) is 66.5 Å². The molecule has 5 nitrogen and oxygen atoms in total. The van der Waals surface area contributed by atoms with Crippen LogP contribution in [0.15, 0.2) is 59.5 Å². The lowest BCUT2D eigenvalue weighted by molar-refractivity contribution is 0.0963. The minimum Gasteiger partial charge on any atom is -0.355 e. The van der Waals surface area contributed by atoms with E-state index in [1.54, 1.807) is 68.6 Å². The molecule has 0 aliphatic carbocycles. The van der Waals surface area contributed by atoms with Crippen LogP contribution in [-0.2, 0) is 10.0 Å². The number of anilines is 1. The highest BCUT2D eigenvalue weighted by molar-refractivity contribution is 7.92. The summed E-state index contributed by atoms with van der Waals surface area (Å²) >= 11 is 0. The van der Waals surface area contributed by atoms with Gasteiger partial charge >= 0.3 is 0 Å². The zero-order valence-electron chi connectivity index (χ0n) is 12.5. The fraction of sp³-hybridized carbons (Fsp3) is 0.188. The van der Waals surface area contributed by atoms with Crippen LogP contribution in [0.1, 0.15) is 17.3 Å². The average Bonchev–Trinajstić information content (AvgIpc) is 2.56. The first-order chi connectivity index (χ1) is 10.5.